The maximum atomic E-state index is 12.7. The summed E-state index contributed by atoms with van der Waals surface area (Å²) >= 11 is 0. The van der Waals surface area contributed by atoms with Crippen molar-refractivity contribution in [3.63, 3.8) is 0 Å². The minimum Gasteiger partial charge on any atom is -0.497 e. The van der Waals surface area contributed by atoms with Gasteiger partial charge in [-0.05, 0) is 36.6 Å². The minimum absolute atomic E-state index is 0.373. The fourth-order valence-electron chi connectivity index (χ4n) is 2.85. The Morgan fingerprint density at radius 1 is 0.893 bits per heavy atom. The Bertz CT molecular complexity index is 1010. The van der Waals surface area contributed by atoms with Gasteiger partial charge in [0, 0.05) is 17.1 Å². The van der Waals surface area contributed by atoms with Crippen molar-refractivity contribution in [1.82, 2.24) is 0 Å². The first-order valence-corrected chi connectivity index (χ1v) is 8.75. The Kier molecular flexibility index (Phi) is 5.79. The lowest BCUT2D eigenvalue weighted by molar-refractivity contribution is -0.123. The van der Waals surface area contributed by atoms with Gasteiger partial charge in [-0.1, -0.05) is 30.3 Å². The molecule has 0 saturated heterocycles. The molecule has 6 nitrogen and oxygen atoms in total. The third kappa shape index (κ3) is 4.06. The summed E-state index contributed by atoms with van der Waals surface area (Å²) in [4.78, 5) is 25.1. The van der Waals surface area contributed by atoms with E-state index < -0.39 is 18.0 Å². The van der Waals surface area contributed by atoms with E-state index in [9.17, 15) is 9.59 Å². The highest BCUT2D eigenvalue weighted by molar-refractivity contribution is 6.07. The molecule has 0 spiro atoms. The molecule has 0 aliphatic rings. The van der Waals surface area contributed by atoms with Crippen molar-refractivity contribution in [1.29, 1.82) is 0 Å². The normalized spacial score (nSPS) is 11.5. The third-order valence-electron chi connectivity index (χ3n) is 4.31. The molecule has 3 aromatic rings. The highest BCUT2D eigenvalue weighted by Gasteiger charge is 2.21. The summed E-state index contributed by atoms with van der Waals surface area (Å²) in [6.07, 6.45) is -0.973. The Morgan fingerprint density at radius 3 is 2.36 bits per heavy atom. The largest absolute Gasteiger partial charge is 0.497 e. The molecule has 0 fully saturated rings. The van der Waals surface area contributed by atoms with Gasteiger partial charge in [0.1, 0.15) is 11.5 Å². The summed E-state index contributed by atoms with van der Waals surface area (Å²) in [5, 5.41) is 4.21. The molecule has 0 aliphatic heterocycles. The van der Waals surface area contributed by atoms with E-state index in [1.807, 2.05) is 24.3 Å². The highest BCUT2D eigenvalue weighted by atomic mass is 16.5. The second-order valence-corrected chi connectivity index (χ2v) is 6.13. The molecule has 0 bridgehead atoms. The summed E-state index contributed by atoms with van der Waals surface area (Å²) in [6, 6.07) is 17.7. The highest BCUT2D eigenvalue weighted by Crippen LogP contribution is 2.29. The van der Waals surface area contributed by atoms with Crippen molar-refractivity contribution in [3.8, 4) is 11.5 Å². The van der Waals surface area contributed by atoms with Crippen LogP contribution in [0.5, 0.6) is 11.5 Å². The number of amides is 1. The van der Waals surface area contributed by atoms with Crippen LogP contribution >= 0.6 is 0 Å². The van der Waals surface area contributed by atoms with E-state index in [0.29, 0.717) is 28.1 Å². The lowest BCUT2D eigenvalue weighted by Gasteiger charge is -2.15. The number of hydrogen-bond acceptors (Lipinski definition) is 5. The third-order valence-corrected chi connectivity index (χ3v) is 4.31. The molecule has 0 saturated carbocycles. The van der Waals surface area contributed by atoms with Gasteiger partial charge in [0.05, 0.1) is 19.8 Å². The predicted octanol–water partition coefficient (Wildman–Crippen LogP) is 4.04. The number of rotatable bonds is 6. The summed E-state index contributed by atoms with van der Waals surface area (Å²) in [5.41, 5.74) is 0.930. The van der Waals surface area contributed by atoms with Crippen LogP contribution in [0.3, 0.4) is 0 Å². The van der Waals surface area contributed by atoms with Gasteiger partial charge in [0.15, 0.2) is 6.10 Å². The van der Waals surface area contributed by atoms with Crippen LogP contribution in [0, 0.1) is 0 Å². The molecule has 1 atom stereocenters. The average Bonchev–Trinajstić information content (AvgIpc) is 2.72. The fourth-order valence-corrected chi connectivity index (χ4v) is 2.85. The second-order valence-electron chi connectivity index (χ2n) is 6.13. The van der Waals surface area contributed by atoms with Crippen molar-refractivity contribution in [2.75, 3.05) is 19.5 Å². The molecule has 144 valence electrons. The van der Waals surface area contributed by atoms with E-state index >= 15 is 0 Å². The van der Waals surface area contributed by atoms with Crippen molar-refractivity contribution >= 4 is 28.3 Å². The first kappa shape index (κ1) is 19.2. The second kappa shape index (κ2) is 8.43. The van der Waals surface area contributed by atoms with E-state index in [2.05, 4.69) is 5.32 Å². The smallest absolute Gasteiger partial charge is 0.339 e. The maximum Gasteiger partial charge on any atom is 0.339 e. The van der Waals surface area contributed by atoms with Crippen LogP contribution in [0.25, 0.3) is 10.8 Å². The molecule has 1 amide bonds. The maximum absolute atomic E-state index is 12.7. The van der Waals surface area contributed by atoms with E-state index in [4.69, 9.17) is 14.2 Å². The molecular weight excluding hydrogens is 358 g/mol. The quantitative estimate of drug-likeness (QED) is 0.654. The fraction of sp³-hybridized carbons (Fsp3) is 0.182. The predicted molar refractivity (Wildman–Crippen MR) is 107 cm³/mol. The molecule has 0 radical (unpaired) electrons. The van der Waals surface area contributed by atoms with Crippen LogP contribution in [-0.4, -0.2) is 32.2 Å². The number of fused-ring (bicyclic) bond motifs is 1. The van der Waals surface area contributed by atoms with E-state index in [-0.39, 0.29) is 0 Å². The lowest BCUT2D eigenvalue weighted by Crippen LogP contribution is -2.30. The van der Waals surface area contributed by atoms with Gasteiger partial charge in [0.2, 0.25) is 0 Å². The summed E-state index contributed by atoms with van der Waals surface area (Å²) < 4.78 is 15.9. The average molecular weight is 379 g/mol. The number of nitrogens with one attached hydrogen (secondary N) is 1. The number of benzene rings is 3. The number of carbonyl (C=O) groups excluding carboxylic acids is 2. The Morgan fingerprint density at radius 2 is 1.64 bits per heavy atom. The SMILES string of the molecule is COc1cccc(NC(=O)[C@H](C)OC(=O)c2ccc(OC)c3ccccc23)c1. The van der Waals surface area contributed by atoms with Crippen LogP contribution in [0.15, 0.2) is 60.7 Å². The standard InChI is InChI=1S/C22H21NO5/c1-14(21(24)23-15-7-6-8-16(13-15)26-2)28-22(25)19-11-12-20(27-3)18-10-5-4-9-17(18)19/h4-14H,1-3H3,(H,23,24)/t14-/m0/s1. The Hall–Kier alpha value is -3.54. The van der Waals surface area contributed by atoms with Crippen LogP contribution in [0.1, 0.15) is 17.3 Å². The first-order valence-electron chi connectivity index (χ1n) is 8.75. The van der Waals surface area contributed by atoms with Crippen LogP contribution < -0.4 is 14.8 Å². The molecule has 6 heteroatoms. The van der Waals surface area contributed by atoms with E-state index in [0.717, 1.165) is 5.39 Å². The molecule has 3 aromatic carbocycles. The zero-order valence-corrected chi connectivity index (χ0v) is 15.9. The molecule has 0 aromatic heterocycles. The van der Waals surface area contributed by atoms with Crippen LogP contribution in [0.2, 0.25) is 0 Å². The van der Waals surface area contributed by atoms with Crippen LogP contribution in [-0.2, 0) is 9.53 Å². The van der Waals surface area contributed by atoms with Gasteiger partial charge in [-0.3, -0.25) is 4.79 Å². The van der Waals surface area contributed by atoms with Crippen LogP contribution in [0.4, 0.5) is 5.69 Å². The van der Waals surface area contributed by atoms with E-state index in [1.165, 1.54) is 6.92 Å². The molecule has 0 aliphatic carbocycles. The monoisotopic (exact) mass is 379 g/mol. The molecule has 0 unspecified atom stereocenters. The van der Waals surface area contributed by atoms with Crippen molar-refractivity contribution < 1.29 is 23.8 Å². The van der Waals surface area contributed by atoms with Gasteiger partial charge >= 0.3 is 5.97 Å². The molecule has 0 heterocycles. The van der Waals surface area contributed by atoms with Crippen molar-refractivity contribution in [2.45, 2.75) is 13.0 Å². The van der Waals surface area contributed by atoms with Gasteiger partial charge < -0.3 is 19.5 Å². The topological polar surface area (TPSA) is 73.9 Å². The van der Waals surface area contributed by atoms with Gasteiger partial charge in [-0.2, -0.15) is 0 Å². The summed E-state index contributed by atoms with van der Waals surface area (Å²) in [6.45, 7) is 1.53. The number of anilines is 1. The number of carbonyl (C=O) groups is 2. The number of ether oxygens (including phenoxy) is 3. The number of methoxy groups -OCH3 is 2. The summed E-state index contributed by atoms with van der Waals surface area (Å²) in [7, 11) is 3.12. The zero-order valence-electron chi connectivity index (χ0n) is 15.9. The Labute approximate surface area is 163 Å². The zero-order chi connectivity index (χ0) is 20.1. The van der Waals surface area contributed by atoms with Gasteiger partial charge in [-0.15, -0.1) is 0 Å². The summed E-state index contributed by atoms with van der Waals surface area (Å²) in [5.74, 6) is 0.273. The molecule has 3 rings (SSSR count). The number of hydrogen-bond donors (Lipinski definition) is 1. The molecule has 1 N–H and O–H groups in total. The minimum atomic E-state index is -0.973. The van der Waals surface area contributed by atoms with Crippen molar-refractivity contribution in [2.24, 2.45) is 0 Å². The van der Waals surface area contributed by atoms with Gasteiger partial charge in [-0.25, -0.2) is 4.79 Å². The van der Waals surface area contributed by atoms with E-state index in [1.54, 1.807) is 50.6 Å². The lowest BCUT2D eigenvalue weighted by atomic mass is 10.0. The Balaban J connectivity index is 1.75. The number of esters is 1. The molecule has 28 heavy (non-hydrogen) atoms. The first-order chi connectivity index (χ1) is 13.5. The van der Waals surface area contributed by atoms with Gasteiger partial charge in [0.25, 0.3) is 5.91 Å². The van der Waals surface area contributed by atoms with Crippen molar-refractivity contribution in [3.05, 3.63) is 66.2 Å². The molecular formula is C22H21NO5.